The van der Waals surface area contributed by atoms with Crippen LogP contribution in [-0.4, -0.2) is 57.5 Å². The number of nitrogens with one attached hydrogen (secondary N) is 1. The summed E-state index contributed by atoms with van der Waals surface area (Å²) in [5.41, 5.74) is 1.67. The van der Waals surface area contributed by atoms with Crippen LogP contribution in [0.2, 0.25) is 5.02 Å². The first-order chi connectivity index (χ1) is 14.3. The molecule has 162 valence electrons. The van der Waals surface area contributed by atoms with Gasteiger partial charge in [-0.05, 0) is 35.8 Å². The van der Waals surface area contributed by atoms with Crippen molar-refractivity contribution in [2.45, 2.75) is 25.1 Å². The van der Waals surface area contributed by atoms with Crippen molar-refractivity contribution in [2.75, 3.05) is 31.7 Å². The Hall–Kier alpha value is -2.20. The van der Waals surface area contributed by atoms with E-state index in [0.29, 0.717) is 36.2 Å². The SMILES string of the molecule is OCC(O)Cc1cnc(C2=CCN(CNc3ccc(C(F)(F)F)cn3)CC2)c(Cl)c1. The molecule has 1 aliphatic rings. The van der Waals surface area contributed by atoms with Crippen LogP contribution in [-0.2, 0) is 12.6 Å². The minimum Gasteiger partial charge on any atom is -0.394 e. The first-order valence-electron chi connectivity index (χ1n) is 9.38. The highest BCUT2D eigenvalue weighted by Gasteiger charge is 2.30. The quantitative estimate of drug-likeness (QED) is 0.611. The number of anilines is 1. The summed E-state index contributed by atoms with van der Waals surface area (Å²) in [7, 11) is 0. The van der Waals surface area contributed by atoms with Gasteiger partial charge in [0.25, 0.3) is 0 Å². The fourth-order valence-corrected chi connectivity index (χ4v) is 3.40. The molecule has 30 heavy (non-hydrogen) atoms. The van der Waals surface area contributed by atoms with Crippen LogP contribution >= 0.6 is 11.6 Å². The number of nitrogens with zero attached hydrogens (tertiary/aromatic N) is 3. The molecule has 3 N–H and O–H groups in total. The number of hydrogen-bond acceptors (Lipinski definition) is 6. The number of aromatic nitrogens is 2. The van der Waals surface area contributed by atoms with Gasteiger partial charge in [0.2, 0.25) is 0 Å². The highest BCUT2D eigenvalue weighted by atomic mass is 35.5. The predicted molar refractivity (Wildman–Crippen MR) is 108 cm³/mol. The molecule has 3 rings (SSSR count). The lowest BCUT2D eigenvalue weighted by Gasteiger charge is -2.26. The van der Waals surface area contributed by atoms with Crippen molar-refractivity contribution in [2.24, 2.45) is 0 Å². The molecular weight excluding hydrogens is 421 g/mol. The molecule has 1 aliphatic heterocycles. The number of halogens is 4. The van der Waals surface area contributed by atoms with Gasteiger partial charge in [-0.25, -0.2) is 4.98 Å². The van der Waals surface area contributed by atoms with Crippen molar-refractivity contribution >= 4 is 23.0 Å². The Balaban J connectivity index is 1.55. The molecular formula is C20H22ClF3N4O2. The predicted octanol–water partition coefficient (Wildman–Crippen LogP) is 3.20. The molecule has 10 heteroatoms. The number of hydrogen-bond donors (Lipinski definition) is 3. The lowest BCUT2D eigenvalue weighted by molar-refractivity contribution is -0.137. The van der Waals surface area contributed by atoms with Crippen LogP contribution in [0.15, 0.2) is 36.7 Å². The van der Waals surface area contributed by atoms with E-state index in [1.165, 1.54) is 6.07 Å². The third-order valence-electron chi connectivity index (χ3n) is 4.75. The first kappa shape index (κ1) is 22.5. The van der Waals surface area contributed by atoms with Crippen LogP contribution in [0.1, 0.15) is 23.2 Å². The van der Waals surface area contributed by atoms with Gasteiger partial charge in [0.1, 0.15) is 5.82 Å². The molecule has 0 saturated heterocycles. The second-order valence-corrected chi connectivity index (χ2v) is 7.44. The first-order valence-corrected chi connectivity index (χ1v) is 9.76. The fraction of sp³-hybridized carbons (Fsp3) is 0.400. The maximum atomic E-state index is 12.6. The van der Waals surface area contributed by atoms with E-state index >= 15 is 0 Å². The summed E-state index contributed by atoms with van der Waals surface area (Å²) in [6.45, 7) is 1.48. The molecule has 0 fully saturated rings. The monoisotopic (exact) mass is 442 g/mol. The van der Waals surface area contributed by atoms with Crippen LogP contribution in [0.5, 0.6) is 0 Å². The largest absolute Gasteiger partial charge is 0.417 e. The summed E-state index contributed by atoms with van der Waals surface area (Å²) in [5, 5.41) is 22.0. The summed E-state index contributed by atoms with van der Waals surface area (Å²) in [4.78, 5) is 10.3. The fourth-order valence-electron chi connectivity index (χ4n) is 3.09. The highest BCUT2D eigenvalue weighted by molar-refractivity contribution is 6.32. The van der Waals surface area contributed by atoms with Gasteiger partial charge < -0.3 is 15.5 Å². The van der Waals surface area contributed by atoms with E-state index in [-0.39, 0.29) is 13.0 Å². The van der Waals surface area contributed by atoms with Crippen molar-refractivity contribution in [3.8, 4) is 0 Å². The van der Waals surface area contributed by atoms with E-state index in [1.807, 2.05) is 6.08 Å². The number of pyridine rings is 2. The topological polar surface area (TPSA) is 81.5 Å². The van der Waals surface area contributed by atoms with Gasteiger partial charge in [-0.15, -0.1) is 0 Å². The molecule has 0 aromatic carbocycles. The normalized spacial score (nSPS) is 16.3. The second-order valence-electron chi connectivity index (χ2n) is 7.04. The molecule has 0 spiro atoms. The van der Waals surface area contributed by atoms with Crippen LogP contribution in [0.4, 0.5) is 19.0 Å². The van der Waals surface area contributed by atoms with E-state index in [0.717, 1.165) is 29.9 Å². The average molecular weight is 443 g/mol. The third kappa shape index (κ3) is 5.91. The molecule has 0 radical (unpaired) electrons. The third-order valence-corrected chi connectivity index (χ3v) is 5.04. The highest BCUT2D eigenvalue weighted by Crippen LogP contribution is 2.29. The molecule has 6 nitrogen and oxygen atoms in total. The van der Waals surface area contributed by atoms with Crippen LogP contribution in [0, 0.1) is 0 Å². The summed E-state index contributed by atoms with van der Waals surface area (Å²) >= 11 is 6.35. The van der Waals surface area contributed by atoms with Crippen molar-refractivity contribution in [3.63, 3.8) is 0 Å². The van der Waals surface area contributed by atoms with E-state index in [2.05, 4.69) is 20.2 Å². The molecule has 1 unspecified atom stereocenters. The van der Waals surface area contributed by atoms with Gasteiger partial charge in [0.15, 0.2) is 0 Å². The lowest BCUT2D eigenvalue weighted by Crippen LogP contribution is -2.33. The van der Waals surface area contributed by atoms with Gasteiger partial charge in [0, 0.05) is 31.9 Å². The number of alkyl halides is 3. The van der Waals surface area contributed by atoms with Crippen molar-refractivity contribution in [3.05, 3.63) is 58.5 Å². The van der Waals surface area contributed by atoms with Gasteiger partial charge >= 0.3 is 6.18 Å². The Labute approximate surface area is 177 Å². The Morgan fingerprint density at radius 3 is 2.60 bits per heavy atom. The zero-order valence-electron chi connectivity index (χ0n) is 16.0. The van der Waals surface area contributed by atoms with Gasteiger partial charge in [0.05, 0.1) is 35.7 Å². The molecule has 0 saturated carbocycles. The van der Waals surface area contributed by atoms with Crippen molar-refractivity contribution in [1.82, 2.24) is 14.9 Å². The zero-order valence-corrected chi connectivity index (χ0v) is 16.8. The number of rotatable bonds is 7. The van der Waals surface area contributed by atoms with Gasteiger partial charge in [-0.1, -0.05) is 17.7 Å². The van der Waals surface area contributed by atoms with Crippen molar-refractivity contribution < 1.29 is 23.4 Å². The zero-order chi connectivity index (χ0) is 21.7. The molecule has 0 bridgehead atoms. The Morgan fingerprint density at radius 2 is 2.03 bits per heavy atom. The van der Waals surface area contributed by atoms with Crippen molar-refractivity contribution in [1.29, 1.82) is 0 Å². The van der Waals surface area contributed by atoms with Crippen LogP contribution < -0.4 is 5.32 Å². The summed E-state index contributed by atoms with van der Waals surface area (Å²) in [6.07, 6.45) is 0.224. The summed E-state index contributed by atoms with van der Waals surface area (Å²) < 4.78 is 37.8. The van der Waals surface area contributed by atoms with E-state index < -0.39 is 17.8 Å². The maximum Gasteiger partial charge on any atom is 0.417 e. The number of aliphatic hydroxyl groups is 2. The summed E-state index contributed by atoms with van der Waals surface area (Å²) in [6, 6.07) is 4.06. The maximum absolute atomic E-state index is 12.6. The van der Waals surface area contributed by atoms with Crippen LogP contribution in [0.3, 0.4) is 0 Å². The number of aliphatic hydroxyl groups excluding tert-OH is 2. The minimum absolute atomic E-state index is 0.278. The van der Waals surface area contributed by atoms with E-state index in [1.54, 1.807) is 12.3 Å². The Bertz CT molecular complexity index is 891. The molecule has 0 amide bonds. The summed E-state index contributed by atoms with van der Waals surface area (Å²) in [5.74, 6) is 0.378. The molecule has 2 aromatic heterocycles. The smallest absolute Gasteiger partial charge is 0.394 e. The van der Waals surface area contributed by atoms with E-state index in [4.69, 9.17) is 16.7 Å². The van der Waals surface area contributed by atoms with Crippen LogP contribution in [0.25, 0.3) is 5.57 Å². The van der Waals surface area contributed by atoms with E-state index in [9.17, 15) is 18.3 Å². The second kappa shape index (κ2) is 9.74. The molecule has 0 aliphatic carbocycles. The molecule has 2 aromatic rings. The lowest BCUT2D eigenvalue weighted by atomic mass is 10.0. The average Bonchev–Trinajstić information content (AvgIpc) is 2.72. The molecule has 3 heterocycles. The Morgan fingerprint density at radius 1 is 1.23 bits per heavy atom. The minimum atomic E-state index is -4.40. The Kier molecular flexibility index (Phi) is 7.30. The van der Waals surface area contributed by atoms with Gasteiger partial charge in [-0.2, -0.15) is 13.2 Å². The molecule has 1 atom stereocenters. The van der Waals surface area contributed by atoms with Gasteiger partial charge in [-0.3, -0.25) is 9.88 Å². The standard InChI is InChI=1S/C20H22ClF3N4O2/c21-17-8-13(7-16(30)11-29)9-26-19(17)14-3-5-28(6-4-14)12-27-18-2-1-15(10-25-18)20(22,23)24/h1-3,8-10,16,29-30H,4-7,11-12H2,(H,25,27).